The molecule has 0 aliphatic carbocycles. The summed E-state index contributed by atoms with van der Waals surface area (Å²) in [5, 5.41) is 0. The topological polar surface area (TPSA) is 52.3 Å². The fourth-order valence-corrected chi connectivity index (χ4v) is 1.03. The molecule has 0 spiro atoms. The Kier molecular flexibility index (Phi) is 5.56. The van der Waals surface area contributed by atoms with Gasteiger partial charge < -0.3 is 4.74 Å². The molecule has 0 aliphatic heterocycles. The molecule has 0 aromatic heterocycles. The lowest BCUT2D eigenvalue weighted by Crippen LogP contribution is -2.43. The second kappa shape index (κ2) is 6.16. The molecule has 0 bridgehead atoms. The van der Waals surface area contributed by atoms with E-state index in [9.17, 15) is 4.79 Å². The lowest BCUT2D eigenvalue weighted by Gasteiger charge is -2.27. The minimum absolute atomic E-state index is 0.417. The van der Waals surface area contributed by atoms with Gasteiger partial charge in [-0.05, 0) is 6.42 Å². The summed E-state index contributed by atoms with van der Waals surface area (Å²) in [4.78, 5) is 11.0. The second-order valence-electron chi connectivity index (χ2n) is 3.01. The summed E-state index contributed by atoms with van der Waals surface area (Å²) in [6.45, 7) is 10.5. The van der Waals surface area contributed by atoms with Crippen molar-refractivity contribution in [3.05, 3.63) is 38.0 Å². The maximum atomic E-state index is 11.0. The van der Waals surface area contributed by atoms with Gasteiger partial charge in [-0.1, -0.05) is 18.7 Å². The molecular formula is C11H17NO2. The zero-order valence-corrected chi connectivity index (χ0v) is 8.37. The Labute approximate surface area is 84.9 Å². The fraction of sp³-hybridized carbons (Fsp3) is 0.364. The van der Waals surface area contributed by atoms with E-state index in [1.165, 1.54) is 0 Å². The van der Waals surface area contributed by atoms with Gasteiger partial charge in [-0.15, -0.1) is 13.2 Å². The number of allylic oxidation sites excluding steroid dienone is 1. The molecule has 1 atom stereocenters. The fourth-order valence-electron chi connectivity index (χ4n) is 1.03. The molecule has 14 heavy (non-hydrogen) atoms. The lowest BCUT2D eigenvalue weighted by molar-refractivity contribution is -0.153. The summed E-state index contributed by atoms with van der Waals surface area (Å²) < 4.78 is 5.03. The van der Waals surface area contributed by atoms with E-state index in [0.717, 1.165) is 6.08 Å². The third-order valence-corrected chi connectivity index (χ3v) is 1.73. The molecule has 3 heteroatoms. The van der Waals surface area contributed by atoms with Gasteiger partial charge in [0.2, 0.25) is 0 Å². The number of ether oxygens (including phenoxy) is 1. The average Bonchev–Trinajstić information content (AvgIpc) is 2.15. The van der Waals surface area contributed by atoms with Gasteiger partial charge in [0.1, 0.15) is 0 Å². The van der Waals surface area contributed by atoms with E-state index in [0.29, 0.717) is 19.3 Å². The lowest BCUT2D eigenvalue weighted by atomic mass is 10.0. The van der Waals surface area contributed by atoms with E-state index in [1.807, 2.05) is 0 Å². The second-order valence-corrected chi connectivity index (χ2v) is 3.01. The number of carbonyl (C=O) groups excluding carboxylic acids is 1. The zero-order valence-electron chi connectivity index (χ0n) is 8.37. The van der Waals surface area contributed by atoms with Crippen molar-refractivity contribution in [1.82, 2.24) is 0 Å². The molecule has 0 aromatic rings. The van der Waals surface area contributed by atoms with Gasteiger partial charge >= 0.3 is 5.97 Å². The van der Waals surface area contributed by atoms with Crippen molar-refractivity contribution < 1.29 is 9.53 Å². The van der Waals surface area contributed by atoms with Gasteiger partial charge in [-0.3, -0.25) is 5.73 Å². The highest BCUT2D eigenvalue weighted by Crippen LogP contribution is 2.17. The summed E-state index contributed by atoms with van der Waals surface area (Å²) in [7, 11) is 0. The van der Waals surface area contributed by atoms with Gasteiger partial charge in [0.25, 0.3) is 0 Å². The summed E-state index contributed by atoms with van der Waals surface area (Å²) >= 11 is 0. The van der Waals surface area contributed by atoms with E-state index in [1.54, 1.807) is 12.2 Å². The third kappa shape index (κ3) is 4.62. The van der Waals surface area contributed by atoms with Crippen LogP contribution in [0.25, 0.3) is 0 Å². The van der Waals surface area contributed by atoms with E-state index in [2.05, 4.69) is 19.7 Å². The number of rotatable bonds is 7. The quantitative estimate of drug-likeness (QED) is 0.292. The Bertz CT molecular complexity index is 235. The standard InChI is InChI=1S/C11H17NO2/c1-4-7-9-11(12,8-5-2)14-10(13)6-3/h4-6H,1-3,7-9,12H2. The first-order chi connectivity index (χ1) is 6.58. The molecular weight excluding hydrogens is 178 g/mol. The number of carbonyl (C=O) groups is 1. The summed E-state index contributed by atoms with van der Waals surface area (Å²) in [5.41, 5.74) is 4.88. The van der Waals surface area contributed by atoms with Crippen molar-refractivity contribution >= 4 is 5.97 Å². The minimum Gasteiger partial charge on any atom is -0.441 e. The van der Waals surface area contributed by atoms with Crippen LogP contribution in [0.3, 0.4) is 0 Å². The molecule has 1 unspecified atom stereocenters. The van der Waals surface area contributed by atoms with E-state index in [4.69, 9.17) is 10.5 Å². The molecule has 0 saturated carbocycles. The number of hydrogen-bond donors (Lipinski definition) is 1. The SMILES string of the molecule is C=CCCC(N)(CC=C)OC(=O)C=C. The average molecular weight is 195 g/mol. The predicted molar refractivity (Wildman–Crippen MR) is 57.5 cm³/mol. The van der Waals surface area contributed by atoms with Gasteiger partial charge in [-0.2, -0.15) is 0 Å². The minimum atomic E-state index is -0.985. The van der Waals surface area contributed by atoms with Gasteiger partial charge in [-0.25, -0.2) is 4.79 Å². The first-order valence-corrected chi connectivity index (χ1v) is 4.44. The first kappa shape index (κ1) is 12.7. The van der Waals surface area contributed by atoms with E-state index in [-0.39, 0.29) is 0 Å². The molecule has 2 N–H and O–H groups in total. The highest BCUT2D eigenvalue weighted by Gasteiger charge is 2.26. The van der Waals surface area contributed by atoms with Crippen molar-refractivity contribution in [1.29, 1.82) is 0 Å². The summed E-state index contributed by atoms with van der Waals surface area (Å²) in [6, 6.07) is 0. The molecule has 0 rings (SSSR count). The highest BCUT2D eigenvalue weighted by molar-refractivity contribution is 5.81. The third-order valence-electron chi connectivity index (χ3n) is 1.73. The molecule has 0 radical (unpaired) electrons. The van der Waals surface area contributed by atoms with Crippen LogP contribution in [0, 0.1) is 0 Å². The smallest absolute Gasteiger partial charge is 0.331 e. The van der Waals surface area contributed by atoms with E-state index >= 15 is 0 Å². The van der Waals surface area contributed by atoms with Crippen LogP contribution in [-0.4, -0.2) is 11.7 Å². The molecule has 3 nitrogen and oxygen atoms in total. The van der Waals surface area contributed by atoms with Crippen LogP contribution in [-0.2, 0) is 9.53 Å². The Hall–Kier alpha value is -1.35. The molecule has 0 aliphatic rings. The van der Waals surface area contributed by atoms with Crippen molar-refractivity contribution in [3.8, 4) is 0 Å². The molecule has 0 aromatic carbocycles. The number of nitrogens with two attached hydrogens (primary N) is 1. The normalized spacial score (nSPS) is 13.8. The summed E-state index contributed by atoms with van der Waals surface area (Å²) in [5.74, 6) is -0.515. The molecule has 78 valence electrons. The number of hydrogen-bond acceptors (Lipinski definition) is 3. The molecule has 0 fully saturated rings. The Morgan fingerprint density at radius 2 is 2.00 bits per heavy atom. The molecule has 0 heterocycles. The molecule has 0 saturated heterocycles. The maximum Gasteiger partial charge on any atom is 0.331 e. The first-order valence-electron chi connectivity index (χ1n) is 4.44. The number of esters is 1. The Balaban J connectivity index is 4.35. The zero-order chi connectivity index (χ0) is 11.0. The van der Waals surface area contributed by atoms with Gasteiger partial charge in [0.15, 0.2) is 5.72 Å². The van der Waals surface area contributed by atoms with Crippen LogP contribution in [0.4, 0.5) is 0 Å². The van der Waals surface area contributed by atoms with Crippen LogP contribution in [0.5, 0.6) is 0 Å². The van der Waals surface area contributed by atoms with Crippen LogP contribution in [0.2, 0.25) is 0 Å². The molecule has 0 amide bonds. The monoisotopic (exact) mass is 195 g/mol. The van der Waals surface area contributed by atoms with Gasteiger partial charge in [0, 0.05) is 18.9 Å². The van der Waals surface area contributed by atoms with Crippen LogP contribution in [0.15, 0.2) is 38.0 Å². The van der Waals surface area contributed by atoms with Crippen LogP contribution in [0.1, 0.15) is 19.3 Å². The largest absolute Gasteiger partial charge is 0.441 e. The van der Waals surface area contributed by atoms with Crippen LogP contribution < -0.4 is 5.73 Å². The highest BCUT2D eigenvalue weighted by atomic mass is 16.6. The Morgan fingerprint density at radius 3 is 2.43 bits per heavy atom. The van der Waals surface area contributed by atoms with Crippen molar-refractivity contribution in [3.63, 3.8) is 0 Å². The Morgan fingerprint density at radius 1 is 1.36 bits per heavy atom. The van der Waals surface area contributed by atoms with E-state index < -0.39 is 11.7 Å². The van der Waals surface area contributed by atoms with Crippen LogP contribution >= 0.6 is 0 Å². The van der Waals surface area contributed by atoms with Crippen molar-refractivity contribution in [2.75, 3.05) is 0 Å². The van der Waals surface area contributed by atoms with Crippen molar-refractivity contribution in [2.45, 2.75) is 25.0 Å². The summed E-state index contributed by atoms with van der Waals surface area (Å²) in [6.07, 6.45) is 6.09. The maximum absolute atomic E-state index is 11.0. The van der Waals surface area contributed by atoms with Gasteiger partial charge in [0.05, 0.1) is 0 Å². The predicted octanol–water partition coefficient (Wildman–Crippen LogP) is 1.91. The van der Waals surface area contributed by atoms with Crippen molar-refractivity contribution in [2.24, 2.45) is 5.73 Å².